The summed E-state index contributed by atoms with van der Waals surface area (Å²) in [4.78, 5) is 2.63. The number of piperazine rings is 1. The molecule has 0 amide bonds. The first kappa shape index (κ1) is 13.1. The van der Waals surface area contributed by atoms with E-state index in [4.69, 9.17) is 0 Å². The number of nitrogens with one attached hydrogen (secondary N) is 1. The average molecular weight is 252 g/mol. The van der Waals surface area contributed by atoms with Crippen molar-refractivity contribution >= 4 is 11.3 Å². The summed E-state index contributed by atoms with van der Waals surface area (Å²) in [6.07, 6.45) is 3.67. The highest BCUT2D eigenvalue weighted by Crippen LogP contribution is 2.20. The second kappa shape index (κ2) is 5.98. The van der Waals surface area contributed by atoms with Crippen LogP contribution in [-0.2, 0) is 6.42 Å². The number of thiophene rings is 1. The van der Waals surface area contributed by atoms with Gasteiger partial charge in [-0.1, -0.05) is 13.8 Å². The standard InChI is InChI=1S/C14H24N2S/c1-3-14(4-2)12-16(9-7-15-14)8-5-13-6-10-17-11-13/h6,10-11,15H,3-5,7-9,12H2,1-2H3. The lowest BCUT2D eigenvalue weighted by molar-refractivity contribution is 0.125. The third-order valence-electron chi connectivity index (χ3n) is 4.10. The number of rotatable bonds is 5. The van der Waals surface area contributed by atoms with Gasteiger partial charge in [-0.2, -0.15) is 11.3 Å². The quantitative estimate of drug-likeness (QED) is 0.867. The number of hydrogen-bond donors (Lipinski definition) is 1. The molecule has 0 radical (unpaired) electrons. The second-order valence-corrected chi connectivity index (χ2v) is 5.85. The minimum Gasteiger partial charge on any atom is -0.309 e. The maximum atomic E-state index is 3.72. The van der Waals surface area contributed by atoms with Crippen molar-refractivity contribution in [3.63, 3.8) is 0 Å². The van der Waals surface area contributed by atoms with E-state index < -0.39 is 0 Å². The molecule has 0 aliphatic carbocycles. The van der Waals surface area contributed by atoms with Gasteiger partial charge >= 0.3 is 0 Å². The van der Waals surface area contributed by atoms with E-state index in [9.17, 15) is 0 Å². The van der Waals surface area contributed by atoms with E-state index in [1.807, 2.05) is 0 Å². The summed E-state index contributed by atoms with van der Waals surface area (Å²) in [6, 6.07) is 2.25. The Balaban J connectivity index is 1.85. The van der Waals surface area contributed by atoms with E-state index in [1.165, 1.54) is 44.5 Å². The van der Waals surface area contributed by atoms with Crippen LogP contribution in [0.15, 0.2) is 16.8 Å². The Morgan fingerprint density at radius 2 is 2.24 bits per heavy atom. The molecule has 1 aromatic heterocycles. The second-order valence-electron chi connectivity index (χ2n) is 5.07. The van der Waals surface area contributed by atoms with E-state index in [2.05, 4.69) is 40.9 Å². The topological polar surface area (TPSA) is 15.3 Å². The number of nitrogens with zero attached hydrogens (tertiary/aromatic N) is 1. The smallest absolute Gasteiger partial charge is 0.0304 e. The first-order valence-electron chi connectivity index (χ1n) is 6.76. The fourth-order valence-electron chi connectivity index (χ4n) is 2.68. The monoisotopic (exact) mass is 252 g/mol. The highest BCUT2D eigenvalue weighted by molar-refractivity contribution is 7.07. The Bertz CT molecular complexity index is 317. The maximum Gasteiger partial charge on any atom is 0.0304 e. The Hall–Kier alpha value is -0.380. The molecule has 1 N–H and O–H groups in total. The molecular formula is C14H24N2S. The molecule has 1 aliphatic heterocycles. The summed E-state index contributed by atoms with van der Waals surface area (Å²) in [5, 5.41) is 8.16. The molecule has 1 aliphatic rings. The Morgan fingerprint density at radius 3 is 2.88 bits per heavy atom. The van der Waals surface area contributed by atoms with Crippen molar-refractivity contribution < 1.29 is 0 Å². The van der Waals surface area contributed by atoms with Crippen LogP contribution in [0.3, 0.4) is 0 Å². The van der Waals surface area contributed by atoms with Crippen LogP contribution in [0.5, 0.6) is 0 Å². The third-order valence-corrected chi connectivity index (χ3v) is 4.84. The van der Waals surface area contributed by atoms with Crippen molar-refractivity contribution in [1.29, 1.82) is 0 Å². The van der Waals surface area contributed by atoms with E-state index in [0.717, 1.165) is 6.54 Å². The highest BCUT2D eigenvalue weighted by atomic mass is 32.1. The predicted molar refractivity (Wildman–Crippen MR) is 75.8 cm³/mol. The summed E-state index contributed by atoms with van der Waals surface area (Å²) in [5.41, 5.74) is 1.86. The van der Waals surface area contributed by atoms with Crippen LogP contribution >= 0.6 is 11.3 Å². The largest absolute Gasteiger partial charge is 0.309 e. The number of hydrogen-bond acceptors (Lipinski definition) is 3. The van der Waals surface area contributed by atoms with E-state index in [1.54, 1.807) is 11.3 Å². The maximum absolute atomic E-state index is 3.72. The van der Waals surface area contributed by atoms with Crippen LogP contribution < -0.4 is 5.32 Å². The zero-order valence-electron chi connectivity index (χ0n) is 11.0. The molecule has 0 unspecified atom stereocenters. The molecule has 1 fully saturated rings. The van der Waals surface area contributed by atoms with Crippen molar-refractivity contribution in [2.24, 2.45) is 0 Å². The Kier molecular flexibility index (Phi) is 4.60. The average Bonchev–Trinajstić information content (AvgIpc) is 2.90. The van der Waals surface area contributed by atoms with Gasteiger partial charge in [-0.25, -0.2) is 0 Å². The summed E-state index contributed by atoms with van der Waals surface area (Å²) >= 11 is 1.80. The zero-order valence-corrected chi connectivity index (χ0v) is 11.9. The van der Waals surface area contributed by atoms with Gasteiger partial charge in [-0.05, 0) is 41.7 Å². The van der Waals surface area contributed by atoms with E-state index >= 15 is 0 Å². The molecule has 1 saturated heterocycles. The SMILES string of the molecule is CCC1(CC)CN(CCc2ccsc2)CCN1. The summed E-state index contributed by atoms with van der Waals surface area (Å²) in [6.45, 7) is 9.37. The van der Waals surface area contributed by atoms with Crippen LogP contribution in [0.1, 0.15) is 32.3 Å². The van der Waals surface area contributed by atoms with Gasteiger partial charge in [0, 0.05) is 31.7 Å². The van der Waals surface area contributed by atoms with E-state index in [0.29, 0.717) is 5.54 Å². The van der Waals surface area contributed by atoms with Crippen LogP contribution in [-0.4, -0.2) is 36.6 Å². The molecule has 0 saturated carbocycles. The van der Waals surface area contributed by atoms with Crippen molar-refractivity contribution in [3.8, 4) is 0 Å². The van der Waals surface area contributed by atoms with Crippen LogP contribution in [0.4, 0.5) is 0 Å². The molecule has 3 heteroatoms. The van der Waals surface area contributed by atoms with Gasteiger partial charge < -0.3 is 5.32 Å². The molecule has 17 heavy (non-hydrogen) atoms. The van der Waals surface area contributed by atoms with Gasteiger partial charge in [-0.15, -0.1) is 0 Å². The lowest BCUT2D eigenvalue weighted by atomic mass is 9.90. The van der Waals surface area contributed by atoms with Gasteiger partial charge in [0.05, 0.1) is 0 Å². The molecule has 96 valence electrons. The summed E-state index contributed by atoms with van der Waals surface area (Å²) in [7, 11) is 0. The third kappa shape index (κ3) is 3.30. The molecule has 0 atom stereocenters. The van der Waals surface area contributed by atoms with Crippen molar-refractivity contribution in [2.75, 3.05) is 26.2 Å². The summed E-state index contributed by atoms with van der Waals surface area (Å²) < 4.78 is 0. The van der Waals surface area contributed by atoms with Crippen LogP contribution in [0, 0.1) is 0 Å². The lowest BCUT2D eigenvalue weighted by Crippen LogP contribution is -2.60. The first-order chi connectivity index (χ1) is 8.28. The van der Waals surface area contributed by atoms with Crippen LogP contribution in [0.2, 0.25) is 0 Å². The fourth-order valence-corrected chi connectivity index (χ4v) is 3.38. The van der Waals surface area contributed by atoms with Crippen LogP contribution in [0.25, 0.3) is 0 Å². The minimum absolute atomic E-state index is 0.368. The minimum atomic E-state index is 0.368. The Labute approximate surface area is 109 Å². The van der Waals surface area contributed by atoms with E-state index in [-0.39, 0.29) is 0 Å². The van der Waals surface area contributed by atoms with Gasteiger partial charge in [0.1, 0.15) is 0 Å². The summed E-state index contributed by atoms with van der Waals surface area (Å²) in [5.74, 6) is 0. The molecule has 2 heterocycles. The first-order valence-corrected chi connectivity index (χ1v) is 7.71. The molecule has 0 bridgehead atoms. The Morgan fingerprint density at radius 1 is 1.41 bits per heavy atom. The van der Waals surface area contributed by atoms with Crippen molar-refractivity contribution in [2.45, 2.75) is 38.6 Å². The zero-order chi connectivity index (χ0) is 12.1. The van der Waals surface area contributed by atoms with Crippen molar-refractivity contribution in [3.05, 3.63) is 22.4 Å². The predicted octanol–water partition coefficient (Wildman–Crippen LogP) is 2.75. The normalized spacial score (nSPS) is 20.6. The molecular weight excluding hydrogens is 228 g/mol. The van der Waals surface area contributed by atoms with Gasteiger partial charge in [0.15, 0.2) is 0 Å². The molecule has 0 aromatic carbocycles. The van der Waals surface area contributed by atoms with Crippen molar-refractivity contribution in [1.82, 2.24) is 10.2 Å². The van der Waals surface area contributed by atoms with Gasteiger partial charge in [-0.3, -0.25) is 4.90 Å². The highest BCUT2D eigenvalue weighted by Gasteiger charge is 2.31. The molecule has 2 nitrogen and oxygen atoms in total. The van der Waals surface area contributed by atoms with Gasteiger partial charge in [0.2, 0.25) is 0 Å². The lowest BCUT2D eigenvalue weighted by Gasteiger charge is -2.43. The molecule has 0 spiro atoms. The van der Waals surface area contributed by atoms with Gasteiger partial charge in [0.25, 0.3) is 0 Å². The molecule has 2 rings (SSSR count). The molecule has 1 aromatic rings. The fraction of sp³-hybridized carbons (Fsp3) is 0.714.